The van der Waals surface area contributed by atoms with Crippen LogP contribution in [-0.4, -0.2) is 56.4 Å². The van der Waals surface area contributed by atoms with Gasteiger partial charge in [0.05, 0.1) is 12.6 Å². The molecule has 10 heteroatoms. The standard InChI is InChI=1S/C33H33N7O3/c1-3-9-30(41)40-31(36-37-38-40)27-12-6-5-11-26(27)24-16-14-23(15-17-24)22-34-33(32(42)43-2)20-8-21-39(33)29-19-18-25-10-4-7-13-28(25)35-29/h4-7,10-19,34H,3,8-9,20-22H2,1-2H3. The van der Waals surface area contributed by atoms with Gasteiger partial charge >= 0.3 is 5.97 Å². The molecule has 0 amide bonds. The molecular weight excluding hydrogens is 542 g/mol. The molecule has 5 aromatic rings. The molecule has 0 saturated carbocycles. The maximum absolute atomic E-state index is 13.3. The number of fused-ring (bicyclic) bond motifs is 1. The highest BCUT2D eigenvalue weighted by Gasteiger charge is 2.49. The van der Waals surface area contributed by atoms with Crippen molar-refractivity contribution in [2.24, 2.45) is 0 Å². The van der Waals surface area contributed by atoms with Gasteiger partial charge in [0.1, 0.15) is 5.82 Å². The molecule has 2 aromatic heterocycles. The number of tetrazole rings is 1. The predicted octanol–water partition coefficient (Wildman–Crippen LogP) is 5.25. The highest BCUT2D eigenvalue weighted by Crippen LogP contribution is 2.34. The average molecular weight is 576 g/mol. The number of hydrogen-bond acceptors (Lipinski definition) is 9. The molecule has 0 spiro atoms. The summed E-state index contributed by atoms with van der Waals surface area (Å²) in [5.74, 6) is 0.684. The lowest BCUT2D eigenvalue weighted by Crippen LogP contribution is -2.61. The average Bonchev–Trinajstić information content (AvgIpc) is 3.72. The minimum atomic E-state index is -1.03. The molecule has 0 aliphatic carbocycles. The summed E-state index contributed by atoms with van der Waals surface area (Å²) in [5, 5.41) is 16.5. The van der Waals surface area contributed by atoms with Crippen LogP contribution in [0.25, 0.3) is 33.4 Å². The Morgan fingerprint density at radius 1 is 0.953 bits per heavy atom. The van der Waals surface area contributed by atoms with Crippen LogP contribution in [0.2, 0.25) is 0 Å². The van der Waals surface area contributed by atoms with Gasteiger partial charge < -0.3 is 9.64 Å². The zero-order chi connectivity index (χ0) is 29.8. The number of hydrogen-bond donors (Lipinski definition) is 1. The van der Waals surface area contributed by atoms with E-state index < -0.39 is 5.66 Å². The van der Waals surface area contributed by atoms with E-state index in [1.807, 2.05) is 96.8 Å². The highest BCUT2D eigenvalue weighted by molar-refractivity contribution is 5.88. The molecule has 1 saturated heterocycles. The third-order valence-corrected chi connectivity index (χ3v) is 7.95. The number of nitrogens with zero attached hydrogens (tertiary/aromatic N) is 6. The van der Waals surface area contributed by atoms with Crippen LogP contribution in [0.3, 0.4) is 0 Å². The Bertz CT molecular complexity index is 1770. The van der Waals surface area contributed by atoms with Crippen LogP contribution in [0.1, 0.15) is 43.0 Å². The van der Waals surface area contributed by atoms with Crippen LogP contribution >= 0.6 is 0 Å². The van der Waals surface area contributed by atoms with E-state index in [1.54, 1.807) is 0 Å². The highest BCUT2D eigenvalue weighted by atomic mass is 16.5. The van der Waals surface area contributed by atoms with E-state index in [2.05, 4.69) is 20.8 Å². The predicted molar refractivity (Wildman–Crippen MR) is 164 cm³/mol. The van der Waals surface area contributed by atoms with Gasteiger partial charge in [0.2, 0.25) is 5.91 Å². The SMILES string of the molecule is CCCC(=O)n1nnnc1-c1ccccc1-c1ccc(CNC2(C(=O)OC)CCCN2c2ccc3ccccc3n2)cc1. The number of ether oxygens (including phenoxy) is 1. The number of anilines is 1. The molecule has 43 heavy (non-hydrogen) atoms. The summed E-state index contributed by atoms with van der Waals surface area (Å²) < 4.78 is 6.60. The molecule has 1 unspecified atom stereocenters. The van der Waals surface area contributed by atoms with Gasteiger partial charge in [-0.3, -0.25) is 10.1 Å². The van der Waals surface area contributed by atoms with Crippen molar-refractivity contribution in [3.8, 4) is 22.5 Å². The summed E-state index contributed by atoms with van der Waals surface area (Å²) in [6.07, 6.45) is 2.50. The molecule has 3 aromatic carbocycles. The fourth-order valence-electron chi connectivity index (χ4n) is 5.79. The number of carbonyl (C=O) groups excluding carboxylic acids is 2. The Hall–Kier alpha value is -4.96. The van der Waals surface area contributed by atoms with Crippen molar-refractivity contribution in [1.29, 1.82) is 0 Å². The second-order valence-corrected chi connectivity index (χ2v) is 10.6. The lowest BCUT2D eigenvalue weighted by molar-refractivity contribution is -0.148. The third kappa shape index (κ3) is 5.37. The summed E-state index contributed by atoms with van der Waals surface area (Å²) in [7, 11) is 1.43. The molecule has 0 radical (unpaired) electrons. The van der Waals surface area contributed by atoms with Crippen molar-refractivity contribution in [2.45, 2.75) is 44.8 Å². The first-order valence-electron chi connectivity index (χ1n) is 14.5. The normalized spacial score (nSPS) is 16.5. The first-order valence-corrected chi connectivity index (χ1v) is 14.5. The minimum Gasteiger partial charge on any atom is -0.466 e. The summed E-state index contributed by atoms with van der Waals surface area (Å²) in [5.41, 5.74) is 3.51. The van der Waals surface area contributed by atoms with Crippen molar-refractivity contribution in [3.63, 3.8) is 0 Å². The monoisotopic (exact) mass is 575 g/mol. The number of para-hydroxylation sites is 1. The molecule has 0 bridgehead atoms. The first-order chi connectivity index (χ1) is 21.0. The smallest absolute Gasteiger partial charge is 0.347 e. The maximum Gasteiger partial charge on any atom is 0.347 e. The molecule has 6 rings (SSSR count). The van der Waals surface area contributed by atoms with Gasteiger partial charge in [-0.25, -0.2) is 9.78 Å². The van der Waals surface area contributed by atoms with Crippen molar-refractivity contribution >= 4 is 28.6 Å². The second-order valence-electron chi connectivity index (χ2n) is 10.6. The summed E-state index contributed by atoms with van der Waals surface area (Å²) in [6.45, 7) is 3.08. The summed E-state index contributed by atoms with van der Waals surface area (Å²) >= 11 is 0. The second kappa shape index (κ2) is 12.1. The number of benzene rings is 3. The van der Waals surface area contributed by atoms with Crippen molar-refractivity contribution in [1.82, 2.24) is 30.5 Å². The molecule has 1 N–H and O–H groups in total. The van der Waals surface area contributed by atoms with Gasteiger partial charge in [0.15, 0.2) is 11.5 Å². The summed E-state index contributed by atoms with van der Waals surface area (Å²) in [6, 6.07) is 27.8. The van der Waals surface area contributed by atoms with Gasteiger partial charge in [-0.05, 0) is 64.6 Å². The van der Waals surface area contributed by atoms with Gasteiger partial charge in [0.25, 0.3) is 0 Å². The lowest BCUT2D eigenvalue weighted by Gasteiger charge is -2.37. The van der Waals surface area contributed by atoms with Crippen LogP contribution in [0.4, 0.5) is 5.82 Å². The quantitative estimate of drug-likeness (QED) is 0.186. The van der Waals surface area contributed by atoms with Gasteiger partial charge in [-0.1, -0.05) is 73.7 Å². The Balaban J connectivity index is 1.25. The van der Waals surface area contributed by atoms with Gasteiger partial charge in [-0.2, -0.15) is 4.68 Å². The Morgan fingerprint density at radius 3 is 2.51 bits per heavy atom. The number of rotatable bonds is 9. The van der Waals surface area contributed by atoms with E-state index in [-0.39, 0.29) is 11.9 Å². The van der Waals surface area contributed by atoms with Crippen LogP contribution < -0.4 is 10.2 Å². The molecule has 1 aliphatic rings. The minimum absolute atomic E-state index is 0.141. The molecule has 3 heterocycles. The molecule has 218 valence electrons. The largest absolute Gasteiger partial charge is 0.466 e. The van der Waals surface area contributed by atoms with Crippen LogP contribution in [0.5, 0.6) is 0 Å². The maximum atomic E-state index is 13.3. The van der Waals surface area contributed by atoms with E-state index in [9.17, 15) is 9.59 Å². The van der Waals surface area contributed by atoms with Crippen LogP contribution in [0, 0.1) is 0 Å². The summed E-state index contributed by atoms with van der Waals surface area (Å²) in [4.78, 5) is 32.8. The van der Waals surface area contributed by atoms with Crippen LogP contribution in [-0.2, 0) is 16.1 Å². The number of esters is 1. The fraction of sp³-hybridized carbons (Fsp3) is 0.273. The van der Waals surface area contributed by atoms with E-state index in [0.29, 0.717) is 38.2 Å². The Labute approximate surface area is 249 Å². The Morgan fingerprint density at radius 2 is 1.72 bits per heavy atom. The van der Waals surface area contributed by atoms with Gasteiger partial charge in [0, 0.05) is 30.5 Å². The van der Waals surface area contributed by atoms with Crippen molar-refractivity contribution < 1.29 is 14.3 Å². The number of nitrogens with one attached hydrogen (secondary N) is 1. The fourth-order valence-corrected chi connectivity index (χ4v) is 5.79. The number of carbonyl (C=O) groups is 2. The third-order valence-electron chi connectivity index (χ3n) is 7.95. The van der Waals surface area contributed by atoms with Crippen molar-refractivity contribution in [3.05, 3.63) is 90.5 Å². The Kier molecular flexibility index (Phi) is 7.93. The zero-order valence-corrected chi connectivity index (χ0v) is 24.2. The zero-order valence-electron chi connectivity index (χ0n) is 24.2. The van der Waals surface area contributed by atoms with E-state index >= 15 is 0 Å². The molecule has 1 fully saturated rings. The molecular formula is C33H33N7O3. The first kappa shape index (κ1) is 28.2. The van der Waals surface area contributed by atoms with E-state index in [4.69, 9.17) is 9.72 Å². The van der Waals surface area contributed by atoms with Gasteiger partial charge in [-0.15, -0.1) is 5.10 Å². The number of methoxy groups -OCH3 is 1. The van der Waals surface area contributed by atoms with Crippen LogP contribution in [0.15, 0.2) is 84.9 Å². The van der Waals surface area contributed by atoms with Crippen molar-refractivity contribution in [2.75, 3.05) is 18.6 Å². The van der Waals surface area contributed by atoms with E-state index in [1.165, 1.54) is 11.8 Å². The number of aromatic nitrogens is 5. The topological polar surface area (TPSA) is 115 Å². The van der Waals surface area contributed by atoms with E-state index in [0.717, 1.165) is 45.4 Å². The molecule has 1 atom stereocenters. The molecule has 1 aliphatic heterocycles. The lowest BCUT2D eigenvalue weighted by atomic mass is 9.98. The molecule has 10 nitrogen and oxygen atoms in total. The number of pyridine rings is 1.